The molecule has 0 saturated carbocycles. The first-order valence-electron chi connectivity index (χ1n) is 10.2. The maximum atomic E-state index is 13.7. The number of morpholine rings is 1. The summed E-state index contributed by atoms with van der Waals surface area (Å²) in [6.45, 7) is 5.29. The second-order valence-corrected chi connectivity index (χ2v) is 7.57. The lowest BCUT2D eigenvalue weighted by molar-refractivity contribution is 0.00479. The molecule has 0 bridgehead atoms. The van der Waals surface area contributed by atoms with E-state index in [4.69, 9.17) is 19.2 Å². The predicted octanol–water partition coefficient (Wildman–Crippen LogP) is 3.59. The maximum absolute atomic E-state index is 13.7. The Balaban J connectivity index is 1.71. The van der Waals surface area contributed by atoms with Gasteiger partial charge in [0.25, 0.3) is 5.88 Å². The first-order valence-corrected chi connectivity index (χ1v) is 10.2. The van der Waals surface area contributed by atoms with Gasteiger partial charge >= 0.3 is 0 Å². The van der Waals surface area contributed by atoms with Gasteiger partial charge in [0.1, 0.15) is 17.0 Å². The largest absolute Gasteiger partial charge is 0.491 e. The number of ether oxygens (including phenoxy) is 3. The van der Waals surface area contributed by atoms with Crippen molar-refractivity contribution >= 4 is 22.1 Å². The van der Waals surface area contributed by atoms with Gasteiger partial charge in [0, 0.05) is 36.3 Å². The minimum Gasteiger partial charge on any atom is -0.491 e. The quantitative estimate of drug-likeness (QED) is 0.527. The second kappa shape index (κ2) is 7.82. The number of nitrogens with one attached hydrogen (secondary N) is 1. The van der Waals surface area contributed by atoms with Crippen molar-refractivity contribution in [1.29, 1.82) is 0 Å². The van der Waals surface area contributed by atoms with Gasteiger partial charge < -0.3 is 23.8 Å². The Bertz CT molecular complexity index is 1250. The molecule has 1 N–H and O–H groups in total. The van der Waals surface area contributed by atoms with E-state index in [9.17, 15) is 4.39 Å². The van der Waals surface area contributed by atoms with Crippen LogP contribution in [0.5, 0.6) is 11.6 Å². The van der Waals surface area contributed by atoms with Gasteiger partial charge in [-0.1, -0.05) is 0 Å². The predicted molar refractivity (Wildman–Crippen MR) is 115 cm³/mol. The molecule has 0 spiro atoms. The van der Waals surface area contributed by atoms with Crippen molar-refractivity contribution in [3.63, 3.8) is 0 Å². The molecule has 0 aromatic carbocycles. The van der Waals surface area contributed by atoms with Crippen molar-refractivity contribution < 1.29 is 18.6 Å². The van der Waals surface area contributed by atoms with Gasteiger partial charge in [-0.15, -0.1) is 0 Å². The number of aromatic nitrogens is 4. The summed E-state index contributed by atoms with van der Waals surface area (Å²) in [7, 11) is 3.17. The summed E-state index contributed by atoms with van der Waals surface area (Å²) in [5.74, 6) is 0.606. The third kappa shape index (κ3) is 3.39. The van der Waals surface area contributed by atoms with Gasteiger partial charge in [-0.3, -0.25) is 4.90 Å². The highest BCUT2D eigenvalue weighted by Gasteiger charge is 2.24. The molecule has 9 heteroatoms. The summed E-state index contributed by atoms with van der Waals surface area (Å²) in [6, 6.07) is 5.30. The van der Waals surface area contributed by atoms with Gasteiger partial charge in [0.2, 0.25) is 0 Å². The van der Waals surface area contributed by atoms with E-state index in [1.54, 1.807) is 14.2 Å². The number of hydrogen-bond acceptors (Lipinski definition) is 6. The minimum absolute atomic E-state index is 0.0833. The van der Waals surface area contributed by atoms with Gasteiger partial charge in [-0.05, 0) is 19.1 Å². The van der Waals surface area contributed by atoms with Crippen molar-refractivity contribution in [1.82, 2.24) is 24.4 Å². The third-order valence-corrected chi connectivity index (χ3v) is 5.85. The zero-order valence-corrected chi connectivity index (χ0v) is 17.7. The Kier molecular flexibility index (Phi) is 4.99. The Morgan fingerprint density at radius 1 is 1.16 bits per heavy atom. The molecule has 0 radical (unpaired) electrons. The average molecular weight is 425 g/mol. The first kappa shape index (κ1) is 19.8. The molecular formula is C22H24FN5O3. The molecular weight excluding hydrogens is 401 g/mol. The number of aromatic amines is 1. The first-order chi connectivity index (χ1) is 15.1. The minimum atomic E-state index is -0.369. The fraction of sp³-hybridized carbons (Fsp3) is 0.364. The molecule has 1 aliphatic heterocycles. The van der Waals surface area contributed by atoms with Crippen LogP contribution < -0.4 is 9.47 Å². The number of halogens is 1. The molecule has 5 heterocycles. The molecule has 4 aromatic heterocycles. The maximum Gasteiger partial charge on any atom is 0.257 e. The molecule has 0 aliphatic carbocycles. The Morgan fingerprint density at radius 2 is 1.97 bits per heavy atom. The van der Waals surface area contributed by atoms with Crippen molar-refractivity contribution in [3.05, 3.63) is 36.4 Å². The van der Waals surface area contributed by atoms with Crippen molar-refractivity contribution in [2.75, 3.05) is 40.5 Å². The van der Waals surface area contributed by atoms with E-state index in [-0.39, 0.29) is 12.0 Å². The summed E-state index contributed by atoms with van der Waals surface area (Å²) in [4.78, 5) is 14.6. The number of H-pyrrole nitrogens is 1. The van der Waals surface area contributed by atoms with E-state index < -0.39 is 0 Å². The van der Waals surface area contributed by atoms with Crippen LogP contribution in [0.2, 0.25) is 0 Å². The van der Waals surface area contributed by atoms with E-state index in [1.165, 1.54) is 12.3 Å². The van der Waals surface area contributed by atoms with E-state index >= 15 is 0 Å². The summed E-state index contributed by atoms with van der Waals surface area (Å²) < 4.78 is 32.3. The van der Waals surface area contributed by atoms with Crippen LogP contribution in [0.1, 0.15) is 13.1 Å². The van der Waals surface area contributed by atoms with Crippen LogP contribution in [0, 0.1) is 5.82 Å². The number of methoxy groups -OCH3 is 2. The van der Waals surface area contributed by atoms with Crippen LogP contribution >= 0.6 is 0 Å². The normalized spacial score (nSPS) is 16.1. The highest BCUT2D eigenvalue weighted by Crippen LogP contribution is 2.38. The topological polar surface area (TPSA) is 77.4 Å². The summed E-state index contributed by atoms with van der Waals surface area (Å²) >= 11 is 0. The monoisotopic (exact) mass is 425 g/mol. The zero-order valence-electron chi connectivity index (χ0n) is 17.7. The second-order valence-electron chi connectivity index (χ2n) is 7.57. The number of rotatable bonds is 5. The summed E-state index contributed by atoms with van der Waals surface area (Å²) in [5.41, 5.74) is 4.01. The molecule has 1 aliphatic rings. The smallest absolute Gasteiger partial charge is 0.257 e. The highest BCUT2D eigenvalue weighted by molar-refractivity contribution is 5.96. The van der Waals surface area contributed by atoms with Crippen LogP contribution in [0.25, 0.3) is 33.3 Å². The van der Waals surface area contributed by atoms with Gasteiger partial charge in [0.15, 0.2) is 5.75 Å². The third-order valence-electron chi connectivity index (χ3n) is 5.85. The Morgan fingerprint density at radius 3 is 2.71 bits per heavy atom. The van der Waals surface area contributed by atoms with E-state index in [0.717, 1.165) is 35.4 Å². The lowest BCUT2D eigenvalue weighted by atomic mass is 10.2. The summed E-state index contributed by atoms with van der Waals surface area (Å²) in [5, 5.41) is 0.706. The van der Waals surface area contributed by atoms with Crippen LogP contribution in [0.15, 0.2) is 30.6 Å². The van der Waals surface area contributed by atoms with Gasteiger partial charge in [0.05, 0.1) is 51.0 Å². The van der Waals surface area contributed by atoms with E-state index in [2.05, 4.69) is 32.6 Å². The van der Waals surface area contributed by atoms with E-state index in [1.807, 2.05) is 12.1 Å². The zero-order chi connectivity index (χ0) is 21.5. The van der Waals surface area contributed by atoms with Crippen LogP contribution in [-0.2, 0) is 4.74 Å². The number of nitrogens with zero attached hydrogens (tertiary/aromatic N) is 4. The fourth-order valence-corrected chi connectivity index (χ4v) is 4.19. The molecule has 1 unspecified atom stereocenters. The summed E-state index contributed by atoms with van der Waals surface area (Å²) in [6.07, 6.45) is 3.36. The SMILES string of the molecule is COc1cc2c(nc1OC)c(-c1cc3cc(F)cnc3[nH]1)cn2C(C)N1CCOCC1. The van der Waals surface area contributed by atoms with Crippen LogP contribution in [-0.4, -0.2) is 64.9 Å². The lowest BCUT2D eigenvalue weighted by Gasteiger charge is -2.33. The molecule has 1 atom stereocenters. The van der Waals surface area contributed by atoms with Gasteiger partial charge in [-0.2, -0.15) is 0 Å². The lowest BCUT2D eigenvalue weighted by Crippen LogP contribution is -2.40. The van der Waals surface area contributed by atoms with E-state index in [0.29, 0.717) is 35.9 Å². The number of pyridine rings is 2. The molecule has 0 amide bonds. The highest BCUT2D eigenvalue weighted by atomic mass is 19.1. The molecule has 5 rings (SSSR count). The molecule has 8 nitrogen and oxygen atoms in total. The van der Waals surface area contributed by atoms with Crippen LogP contribution in [0.4, 0.5) is 4.39 Å². The van der Waals surface area contributed by atoms with Crippen LogP contribution in [0.3, 0.4) is 0 Å². The van der Waals surface area contributed by atoms with Crippen molar-refractivity contribution in [3.8, 4) is 22.9 Å². The van der Waals surface area contributed by atoms with Gasteiger partial charge in [-0.25, -0.2) is 14.4 Å². The Hall–Kier alpha value is -3.17. The fourth-order valence-electron chi connectivity index (χ4n) is 4.19. The average Bonchev–Trinajstić information content (AvgIpc) is 3.38. The molecule has 31 heavy (non-hydrogen) atoms. The molecule has 1 fully saturated rings. The Labute approximate surface area is 178 Å². The number of fused-ring (bicyclic) bond motifs is 2. The molecule has 1 saturated heterocycles. The van der Waals surface area contributed by atoms with Crippen molar-refractivity contribution in [2.24, 2.45) is 0 Å². The molecule has 162 valence electrons. The standard InChI is InChI=1S/C22H24FN5O3/c1-13(27-4-6-31-7-5-27)28-12-16(17-9-14-8-15(23)11-24-21(14)25-17)20-18(28)10-19(29-2)22(26-20)30-3/h8-13H,4-7H2,1-3H3,(H,24,25). The molecule has 4 aromatic rings. The number of hydrogen-bond donors (Lipinski definition) is 1. The van der Waals surface area contributed by atoms with Crippen molar-refractivity contribution in [2.45, 2.75) is 13.1 Å².